The number of hydrogen-bond donors (Lipinski definition) is 1. The summed E-state index contributed by atoms with van der Waals surface area (Å²) < 4.78 is 5.70. The number of carbonyl (C=O) groups is 3. The molecule has 6 heteroatoms. The molecule has 0 aliphatic carbocycles. The number of nitrogens with two attached hydrogens (primary N) is 1. The van der Waals surface area contributed by atoms with E-state index in [0.717, 1.165) is 28.9 Å². The third kappa shape index (κ3) is 4.86. The van der Waals surface area contributed by atoms with E-state index >= 15 is 0 Å². The van der Waals surface area contributed by atoms with Crippen LogP contribution in [0, 0.1) is 12.3 Å². The number of β-lactam (4-membered cyclic amide) rings is 1. The predicted molar refractivity (Wildman–Crippen MR) is 127 cm³/mol. The van der Waals surface area contributed by atoms with Crippen LogP contribution in [0.4, 0.5) is 0 Å². The highest BCUT2D eigenvalue weighted by Gasteiger charge is 2.50. The highest BCUT2D eigenvalue weighted by atomic mass is 16.6. The van der Waals surface area contributed by atoms with Crippen LogP contribution >= 0.6 is 0 Å². The summed E-state index contributed by atoms with van der Waals surface area (Å²) in [7, 11) is 0. The summed E-state index contributed by atoms with van der Waals surface area (Å²) in [5.41, 5.74) is 8.23. The van der Waals surface area contributed by atoms with E-state index in [1.54, 1.807) is 0 Å². The molecule has 1 heterocycles. The van der Waals surface area contributed by atoms with E-state index in [2.05, 4.69) is 20.8 Å². The lowest BCUT2D eigenvalue weighted by Crippen LogP contribution is -2.58. The van der Waals surface area contributed by atoms with Crippen LogP contribution in [0.3, 0.4) is 0 Å². The number of likely N-dealkylation sites (tertiary alicyclic amines) is 1. The molecule has 1 fully saturated rings. The predicted octanol–water partition coefficient (Wildman–Crippen LogP) is 4.41. The molecule has 33 heavy (non-hydrogen) atoms. The SMILES string of the molecule is CCC(C)(CC)CC(c1ccc(C)cc1)C(N)(C(=O)OC1CC(=O)N1C=O)c1ccccc1. The van der Waals surface area contributed by atoms with Crippen molar-refractivity contribution in [1.29, 1.82) is 0 Å². The smallest absolute Gasteiger partial charge is 0.333 e. The van der Waals surface area contributed by atoms with Crippen molar-refractivity contribution in [3.8, 4) is 0 Å². The largest absolute Gasteiger partial charge is 0.439 e. The lowest BCUT2D eigenvalue weighted by molar-refractivity contribution is -0.188. The van der Waals surface area contributed by atoms with Gasteiger partial charge in [-0.3, -0.25) is 9.59 Å². The summed E-state index contributed by atoms with van der Waals surface area (Å²) in [6.07, 6.45) is 1.99. The van der Waals surface area contributed by atoms with Crippen LogP contribution in [0.2, 0.25) is 0 Å². The minimum atomic E-state index is -1.50. The van der Waals surface area contributed by atoms with Crippen LogP contribution in [-0.4, -0.2) is 29.4 Å². The van der Waals surface area contributed by atoms with Crippen molar-refractivity contribution in [2.45, 2.75) is 71.1 Å². The Morgan fingerprint density at radius 3 is 2.27 bits per heavy atom. The van der Waals surface area contributed by atoms with E-state index < -0.39 is 17.7 Å². The van der Waals surface area contributed by atoms with Gasteiger partial charge in [0.15, 0.2) is 6.23 Å². The van der Waals surface area contributed by atoms with Gasteiger partial charge in [0.1, 0.15) is 5.54 Å². The van der Waals surface area contributed by atoms with E-state index in [-0.39, 0.29) is 23.7 Å². The zero-order chi connectivity index (χ0) is 24.2. The first-order valence-corrected chi connectivity index (χ1v) is 11.6. The Morgan fingerprint density at radius 1 is 1.15 bits per heavy atom. The molecule has 1 saturated heterocycles. The lowest BCUT2D eigenvalue weighted by Gasteiger charge is -2.43. The van der Waals surface area contributed by atoms with Crippen molar-refractivity contribution in [2.75, 3.05) is 0 Å². The Kier molecular flexibility index (Phi) is 7.38. The van der Waals surface area contributed by atoms with Crippen molar-refractivity contribution in [3.63, 3.8) is 0 Å². The van der Waals surface area contributed by atoms with Crippen LogP contribution in [0.1, 0.15) is 69.1 Å². The molecule has 0 bridgehead atoms. The van der Waals surface area contributed by atoms with Gasteiger partial charge in [-0.25, -0.2) is 9.69 Å². The summed E-state index contributed by atoms with van der Waals surface area (Å²) in [5.74, 6) is -1.39. The molecule has 2 amide bonds. The summed E-state index contributed by atoms with van der Waals surface area (Å²) in [5, 5.41) is 0. The lowest BCUT2D eigenvalue weighted by atomic mass is 9.66. The number of carbonyl (C=O) groups excluding carboxylic acids is 3. The van der Waals surface area contributed by atoms with Gasteiger partial charge < -0.3 is 10.5 Å². The molecular weight excluding hydrogens is 416 g/mol. The Hall–Kier alpha value is -2.99. The van der Waals surface area contributed by atoms with Gasteiger partial charge in [0.2, 0.25) is 12.3 Å². The second-order valence-corrected chi connectivity index (χ2v) is 9.39. The van der Waals surface area contributed by atoms with Crippen molar-refractivity contribution in [2.24, 2.45) is 11.1 Å². The fourth-order valence-corrected chi connectivity index (χ4v) is 4.39. The fourth-order valence-electron chi connectivity index (χ4n) is 4.39. The minimum Gasteiger partial charge on any atom is -0.439 e. The molecule has 2 aromatic rings. The van der Waals surface area contributed by atoms with Crippen LogP contribution in [0.25, 0.3) is 0 Å². The fraction of sp³-hybridized carbons (Fsp3) is 0.444. The average molecular weight is 451 g/mol. The average Bonchev–Trinajstić information content (AvgIpc) is 2.83. The molecule has 1 aliphatic rings. The molecule has 2 aromatic carbocycles. The summed E-state index contributed by atoms with van der Waals surface area (Å²) in [6.45, 7) is 8.53. The second-order valence-electron chi connectivity index (χ2n) is 9.39. The van der Waals surface area contributed by atoms with Gasteiger partial charge in [0.05, 0.1) is 6.42 Å². The molecular formula is C27H34N2O4. The monoisotopic (exact) mass is 450 g/mol. The highest BCUT2D eigenvalue weighted by molar-refractivity contribution is 5.93. The van der Waals surface area contributed by atoms with Crippen LogP contribution in [0.15, 0.2) is 54.6 Å². The number of rotatable bonds is 10. The number of ether oxygens (including phenoxy) is 1. The highest BCUT2D eigenvalue weighted by Crippen LogP contribution is 2.46. The Bertz CT molecular complexity index is 985. The maximum Gasteiger partial charge on any atom is 0.333 e. The van der Waals surface area contributed by atoms with E-state index in [1.807, 2.05) is 61.5 Å². The number of amides is 2. The zero-order valence-electron chi connectivity index (χ0n) is 19.9. The summed E-state index contributed by atoms with van der Waals surface area (Å²) in [4.78, 5) is 37.6. The molecule has 6 nitrogen and oxygen atoms in total. The molecule has 2 N–H and O–H groups in total. The third-order valence-electron chi connectivity index (χ3n) is 7.33. The number of imide groups is 1. The topological polar surface area (TPSA) is 89.7 Å². The van der Waals surface area contributed by atoms with Gasteiger partial charge in [0.25, 0.3) is 0 Å². The van der Waals surface area contributed by atoms with Gasteiger partial charge in [-0.15, -0.1) is 0 Å². The van der Waals surface area contributed by atoms with Gasteiger partial charge in [-0.1, -0.05) is 93.8 Å². The third-order valence-corrected chi connectivity index (χ3v) is 7.33. The van der Waals surface area contributed by atoms with Gasteiger partial charge >= 0.3 is 5.97 Å². The quantitative estimate of drug-likeness (QED) is 0.329. The van der Waals surface area contributed by atoms with Crippen LogP contribution in [-0.2, 0) is 24.7 Å². The molecule has 0 aromatic heterocycles. The number of esters is 1. The normalized spacial score (nSPS) is 18.8. The van der Waals surface area contributed by atoms with Gasteiger partial charge in [0, 0.05) is 5.92 Å². The number of aryl methyl sites for hydroxylation is 1. The molecule has 0 spiro atoms. The maximum atomic E-state index is 13.8. The first kappa shape index (κ1) is 24.6. The molecule has 1 aliphatic heterocycles. The maximum absolute atomic E-state index is 13.8. The summed E-state index contributed by atoms with van der Waals surface area (Å²) in [6, 6.07) is 17.3. The number of nitrogens with zero attached hydrogens (tertiary/aromatic N) is 1. The Morgan fingerprint density at radius 2 is 1.76 bits per heavy atom. The van der Waals surface area contributed by atoms with Crippen molar-refractivity contribution in [3.05, 3.63) is 71.3 Å². The first-order chi connectivity index (χ1) is 15.7. The van der Waals surface area contributed by atoms with Gasteiger partial charge in [-0.2, -0.15) is 0 Å². The molecule has 3 unspecified atom stereocenters. The van der Waals surface area contributed by atoms with E-state index in [9.17, 15) is 14.4 Å². The second kappa shape index (κ2) is 9.87. The van der Waals surface area contributed by atoms with Crippen molar-refractivity contribution in [1.82, 2.24) is 4.90 Å². The van der Waals surface area contributed by atoms with E-state index in [1.165, 1.54) is 0 Å². The van der Waals surface area contributed by atoms with Crippen LogP contribution < -0.4 is 5.73 Å². The summed E-state index contributed by atoms with van der Waals surface area (Å²) >= 11 is 0. The standard InChI is InChI=1S/C27H34N2O4/c1-5-26(4,6-2)17-22(20-14-12-19(3)13-15-20)27(28,21-10-8-7-9-11-21)25(32)33-24-16-23(31)29(24)18-30/h7-15,18,22,24H,5-6,16-17,28H2,1-4H3. The minimum absolute atomic E-state index is 0.0216. The van der Waals surface area contributed by atoms with E-state index in [0.29, 0.717) is 18.4 Å². The van der Waals surface area contributed by atoms with Crippen LogP contribution in [0.5, 0.6) is 0 Å². The molecule has 3 atom stereocenters. The first-order valence-electron chi connectivity index (χ1n) is 11.6. The Balaban J connectivity index is 2.11. The molecule has 0 saturated carbocycles. The molecule has 176 valence electrons. The number of benzene rings is 2. The van der Waals surface area contributed by atoms with Crippen molar-refractivity contribution < 1.29 is 19.1 Å². The number of hydrogen-bond acceptors (Lipinski definition) is 5. The molecule has 3 rings (SSSR count). The van der Waals surface area contributed by atoms with E-state index in [4.69, 9.17) is 10.5 Å². The van der Waals surface area contributed by atoms with Gasteiger partial charge in [-0.05, 0) is 29.9 Å². The van der Waals surface area contributed by atoms with Crippen molar-refractivity contribution >= 4 is 18.3 Å². The zero-order valence-corrected chi connectivity index (χ0v) is 19.9. The molecule has 0 radical (unpaired) electrons. The Labute approximate surface area is 196 Å².